The summed E-state index contributed by atoms with van der Waals surface area (Å²) in [5, 5.41) is 20.0. The molecule has 0 unspecified atom stereocenters. The molecular weight excluding hydrogens is 250 g/mol. The van der Waals surface area contributed by atoms with Crippen LogP contribution in [0.25, 0.3) is 0 Å². The van der Waals surface area contributed by atoms with Gasteiger partial charge in [-0.2, -0.15) is 0 Å². The third-order valence-corrected chi connectivity index (χ3v) is 3.08. The van der Waals surface area contributed by atoms with Crippen LogP contribution in [0, 0.1) is 10.1 Å². The zero-order valence-corrected chi connectivity index (χ0v) is 10.5. The molecule has 0 saturated carbocycles. The summed E-state index contributed by atoms with van der Waals surface area (Å²) >= 11 is 0. The van der Waals surface area contributed by atoms with Crippen molar-refractivity contribution in [3.05, 3.63) is 34.4 Å². The van der Waals surface area contributed by atoms with Crippen molar-refractivity contribution >= 4 is 17.3 Å². The quantitative estimate of drug-likeness (QED) is 0.622. The van der Waals surface area contributed by atoms with Crippen molar-refractivity contribution in [2.45, 2.75) is 6.10 Å². The third-order valence-electron chi connectivity index (χ3n) is 3.08. The number of nitrogens with zero attached hydrogens (tertiary/aromatic N) is 3. The van der Waals surface area contributed by atoms with Crippen molar-refractivity contribution in [3.63, 3.8) is 0 Å². The fraction of sp³-hybridized carbons (Fsp3) is 0.417. The largest absolute Gasteiger partial charge is 0.389 e. The lowest BCUT2D eigenvalue weighted by Gasteiger charge is -2.37. The number of nitro groups is 1. The van der Waals surface area contributed by atoms with Crippen LogP contribution in [0.1, 0.15) is 0 Å². The highest BCUT2D eigenvalue weighted by Crippen LogP contribution is 2.26. The number of amides is 1. The average molecular weight is 265 g/mol. The van der Waals surface area contributed by atoms with E-state index in [-0.39, 0.29) is 18.1 Å². The minimum Gasteiger partial charge on any atom is -0.389 e. The normalized spacial score (nSPS) is 14.9. The van der Waals surface area contributed by atoms with E-state index < -0.39 is 11.0 Å². The van der Waals surface area contributed by atoms with E-state index in [4.69, 9.17) is 5.11 Å². The summed E-state index contributed by atoms with van der Waals surface area (Å²) in [6, 6.07) is 6.29. The zero-order valence-electron chi connectivity index (χ0n) is 10.5. The van der Waals surface area contributed by atoms with Crippen LogP contribution >= 0.6 is 0 Å². The Balaban J connectivity index is 2.05. The number of β-amino-alcohol motifs (C(OH)–C–C–N with tert-alkyl or cyclic N) is 1. The molecule has 0 bridgehead atoms. The molecule has 1 aromatic carbocycles. The SMILES string of the molecule is CN(CC(=O)N1CC(O)C1)c1ccccc1[N+](=O)[O-]. The number of aliphatic hydroxyl groups excluding tert-OH is 1. The van der Waals surface area contributed by atoms with Gasteiger partial charge < -0.3 is 14.9 Å². The lowest BCUT2D eigenvalue weighted by Crippen LogP contribution is -2.55. The molecule has 102 valence electrons. The van der Waals surface area contributed by atoms with Crippen molar-refractivity contribution < 1.29 is 14.8 Å². The summed E-state index contributed by atoms with van der Waals surface area (Å²) in [6.45, 7) is 0.727. The highest BCUT2D eigenvalue weighted by molar-refractivity contribution is 5.83. The van der Waals surface area contributed by atoms with E-state index in [1.807, 2.05) is 0 Å². The maximum absolute atomic E-state index is 11.8. The van der Waals surface area contributed by atoms with Gasteiger partial charge in [0.25, 0.3) is 5.69 Å². The summed E-state index contributed by atoms with van der Waals surface area (Å²) in [4.78, 5) is 25.3. The lowest BCUT2D eigenvalue weighted by atomic mass is 10.1. The Labute approximate surface area is 110 Å². The standard InChI is InChI=1S/C12H15N3O4/c1-13(8-12(17)14-6-9(16)7-14)10-4-2-3-5-11(10)15(18)19/h2-5,9,16H,6-8H2,1H3. The average Bonchev–Trinajstić information content (AvgIpc) is 2.34. The number of hydrogen-bond donors (Lipinski definition) is 1. The fourth-order valence-electron chi connectivity index (χ4n) is 1.99. The number of carbonyl (C=O) groups is 1. The van der Waals surface area contributed by atoms with Crippen molar-refractivity contribution in [3.8, 4) is 0 Å². The molecule has 19 heavy (non-hydrogen) atoms. The number of likely N-dealkylation sites (N-methyl/N-ethyl adjacent to an activating group) is 1. The van der Waals surface area contributed by atoms with E-state index in [0.29, 0.717) is 18.8 Å². The van der Waals surface area contributed by atoms with E-state index in [0.717, 1.165) is 0 Å². The molecule has 1 heterocycles. The minimum atomic E-state index is -0.469. The highest BCUT2D eigenvalue weighted by Gasteiger charge is 2.29. The molecule has 7 nitrogen and oxygen atoms in total. The molecule has 0 spiro atoms. The van der Waals surface area contributed by atoms with Crippen LogP contribution in [0.3, 0.4) is 0 Å². The first-order valence-corrected chi connectivity index (χ1v) is 5.89. The van der Waals surface area contributed by atoms with Crippen LogP contribution in [-0.2, 0) is 4.79 Å². The number of nitro benzene ring substituents is 1. The predicted molar refractivity (Wildman–Crippen MR) is 69.0 cm³/mol. The maximum atomic E-state index is 11.8. The van der Waals surface area contributed by atoms with Crippen LogP contribution in [-0.4, -0.2) is 53.6 Å². The monoisotopic (exact) mass is 265 g/mol. The van der Waals surface area contributed by atoms with Gasteiger partial charge in [0.05, 0.1) is 17.6 Å². The lowest BCUT2D eigenvalue weighted by molar-refractivity contribution is -0.384. The predicted octanol–water partition coefficient (Wildman–Crippen LogP) is 0.234. The molecule has 2 rings (SSSR count). The number of likely N-dealkylation sites (tertiary alicyclic amines) is 1. The summed E-state index contributed by atoms with van der Waals surface area (Å²) in [6.07, 6.45) is -0.444. The van der Waals surface area contributed by atoms with Crippen LogP contribution in [0.5, 0.6) is 0 Å². The number of carbonyl (C=O) groups excluding carboxylic acids is 1. The van der Waals surface area contributed by atoms with E-state index in [9.17, 15) is 14.9 Å². The van der Waals surface area contributed by atoms with E-state index >= 15 is 0 Å². The van der Waals surface area contributed by atoms with Crippen LogP contribution in [0.4, 0.5) is 11.4 Å². The van der Waals surface area contributed by atoms with Crippen LogP contribution in [0.2, 0.25) is 0 Å². The summed E-state index contributed by atoms with van der Waals surface area (Å²) in [5.74, 6) is -0.147. The Morgan fingerprint density at radius 2 is 2.16 bits per heavy atom. The van der Waals surface area contributed by atoms with Crippen LogP contribution < -0.4 is 4.90 Å². The molecule has 0 aliphatic carbocycles. The number of benzene rings is 1. The second-order valence-corrected chi connectivity index (χ2v) is 4.55. The molecule has 0 radical (unpaired) electrons. The molecule has 1 amide bonds. The highest BCUT2D eigenvalue weighted by atomic mass is 16.6. The Morgan fingerprint density at radius 1 is 1.53 bits per heavy atom. The molecule has 1 aliphatic rings. The van der Waals surface area contributed by atoms with E-state index in [1.165, 1.54) is 11.0 Å². The molecule has 0 atom stereocenters. The van der Waals surface area contributed by atoms with Gasteiger partial charge >= 0.3 is 0 Å². The van der Waals surface area contributed by atoms with Gasteiger partial charge in [0.2, 0.25) is 5.91 Å². The van der Waals surface area contributed by atoms with Crippen molar-refractivity contribution in [2.75, 3.05) is 31.6 Å². The van der Waals surface area contributed by atoms with Gasteiger partial charge in [-0.1, -0.05) is 12.1 Å². The van der Waals surface area contributed by atoms with Crippen molar-refractivity contribution in [1.82, 2.24) is 4.90 Å². The first kappa shape index (κ1) is 13.3. The Hall–Kier alpha value is -2.15. The van der Waals surface area contributed by atoms with Crippen molar-refractivity contribution in [1.29, 1.82) is 0 Å². The van der Waals surface area contributed by atoms with Gasteiger partial charge in [-0.15, -0.1) is 0 Å². The van der Waals surface area contributed by atoms with Gasteiger partial charge in [-0.25, -0.2) is 0 Å². The fourth-order valence-corrected chi connectivity index (χ4v) is 1.99. The third kappa shape index (κ3) is 2.82. The molecular formula is C12H15N3O4. The number of para-hydroxylation sites is 2. The number of anilines is 1. The minimum absolute atomic E-state index is 0.0264. The van der Waals surface area contributed by atoms with E-state index in [1.54, 1.807) is 30.1 Å². The number of hydrogen-bond acceptors (Lipinski definition) is 5. The van der Waals surface area contributed by atoms with Gasteiger partial charge in [-0.05, 0) is 6.07 Å². The molecule has 1 aromatic rings. The zero-order chi connectivity index (χ0) is 14.0. The first-order valence-electron chi connectivity index (χ1n) is 5.89. The molecule has 1 N–H and O–H groups in total. The molecule has 1 aliphatic heterocycles. The van der Waals surface area contributed by atoms with Crippen LogP contribution in [0.15, 0.2) is 24.3 Å². The van der Waals surface area contributed by atoms with Gasteiger partial charge in [0.1, 0.15) is 5.69 Å². The van der Waals surface area contributed by atoms with Crippen molar-refractivity contribution in [2.24, 2.45) is 0 Å². The smallest absolute Gasteiger partial charge is 0.292 e. The Morgan fingerprint density at radius 3 is 2.74 bits per heavy atom. The molecule has 7 heteroatoms. The Bertz CT molecular complexity index is 500. The summed E-state index contributed by atoms with van der Waals surface area (Å²) in [7, 11) is 1.64. The topological polar surface area (TPSA) is 86.9 Å². The Kier molecular flexibility index (Phi) is 3.66. The van der Waals surface area contributed by atoms with Gasteiger partial charge in [-0.3, -0.25) is 14.9 Å². The maximum Gasteiger partial charge on any atom is 0.292 e. The molecule has 1 saturated heterocycles. The number of rotatable bonds is 4. The molecule has 0 aromatic heterocycles. The molecule has 1 fully saturated rings. The van der Waals surface area contributed by atoms with E-state index in [2.05, 4.69) is 0 Å². The summed E-state index contributed by atoms with van der Waals surface area (Å²) in [5.41, 5.74) is 0.378. The van der Waals surface area contributed by atoms with Gasteiger partial charge in [0.15, 0.2) is 0 Å². The summed E-state index contributed by atoms with van der Waals surface area (Å²) < 4.78 is 0. The first-order chi connectivity index (χ1) is 8.99. The number of aliphatic hydroxyl groups is 1. The second-order valence-electron chi connectivity index (χ2n) is 4.55. The second kappa shape index (κ2) is 5.23. The van der Waals surface area contributed by atoms with Gasteiger partial charge in [0, 0.05) is 26.2 Å².